The van der Waals surface area contributed by atoms with Gasteiger partial charge in [0, 0.05) is 30.8 Å². The Balaban J connectivity index is 2.64. The molecule has 1 heterocycles. The molecule has 5 nitrogen and oxygen atoms in total. The van der Waals surface area contributed by atoms with Crippen LogP contribution in [0, 0.1) is 0 Å². The molecule has 0 saturated heterocycles. The van der Waals surface area contributed by atoms with E-state index < -0.39 is 0 Å². The second kappa shape index (κ2) is 7.45. The molecule has 0 spiro atoms. The third-order valence-corrected chi connectivity index (χ3v) is 3.76. The van der Waals surface area contributed by atoms with Gasteiger partial charge in [0.05, 0.1) is 13.2 Å². The van der Waals surface area contributed by atoms with E-state index in [-0.39, 0.29) is 11.6 Å². The van der Waals surface area contributed by atoms with Gasteiger partial charge in [0.15, 0.2) is 0 Å². The number of carbonyl (C=O) groups excluding carboxylic acids is 1. The van der Waals surface area contributed by atoms with Crippen molar-refractivity contribution in [3.63, 3.8) is 0 Å². The molecule has 0 radical (unpaired) electrons. The highest BCUT2D eigenvalue weighted by Gasteiger charge is 2.22. The van der Waals surface area contributed by atoms with Crippen LogP contribution >= 0.6 is 11.3 Å². The molecule has 2 amide bonds. The molecular formula is C13H23N3O2S. The molecule has 0 aliphatic carbocycles. The van der Waals surface area contributed by atoms with Gasteiger partial charge in [0.25, 0.3) is 0 Å². The number of nitrogens with zero attached hydrogens (tertiary/aromatic N) is 2. The van der Waals surface area contributed by atoms with Gasteiger partial charge >= 0.3 is 6.03 Å². The lowest BCUT2D eigenvalue weighted by atomic mass is 10.0. The monoisotopic (exact) mass is 285 g/mol. The van der Waals surface area contributed by atoms with Gasteiger partial charge in [-0.1, -0.05) is 6.92 Å². The molecule has 0 bridgehead atoms. The van der Waals surface area contributed by atoms with E-state index in [0.29, 0.717) is 19.7 Å². The first-order valence-electron chi connectivity index (χ1n) is 6.43. The number of nitrogens with one attached hydrogen (secondary N) is 1. The fourth-order valence-corrected chi connectivity index (χ4v) is 2.04. The van der Waals surface area contributed by atoms with Crippen LogP contribution in [-0.2, 0) is 11.3 Å². The minimum atomic E-state index is -0.203. The Morgan fingerprint density at radius 2 is 2.32 bits per heavy atom. The first-order valence-corrected chi connectivity index (χ1v) is 7.31. The van der Waals surface area contributed by atoms with Crippen molar-refractivity contribution in [2.45, 2.75) is 39.3 Å². The molecular weight excluding hydrogens is 262 g/mol. The number of hydrogen-bond acceptors (Lipinski definition) is 4. The summed E-state index contributed by atoms with van der Waals surface area (Å²) in [6.45, 7) is 7.69. The molecule has 1 aromatic heterocycles. The van der Waals surface area contributed by atoms with E-state index in [1.165, 1.54) is 0 Å². The summed E-state index contributed by atoms with van der Waals surface area (Å²) in [4.78, 5) is 18.2. The van der Waals surface area contributed by atoms with E-state index in [1.807, 2.05) is 19.2 Å². The molecule has 0 aliphatic rings. The summed E-state index contributed by atoms with van der Waals surface area (Å²) in [6.07, 6.45) is 2.64. The first kappa shape index (κ1) is 15.9. The highest BCUT2D eigenvalue weighted by atomic mass is 32.1. The molecule has 0 aliphatic heterocycles. The number of carbonyl (C=O) groups is 1. The van der Waals surface area contributed by atoms with Crippen molar-refractivity contribution in [1.29, 1.82) is 0 Å². The molecule has 0 fully saturated rings. The van der Waals surface area contributed by atoms with Gasteiger partial charge < -0.3 is 15.0 Å². The summed E-state index contributed by atoms with van der Waals surface area (Å²) in [7, 11) is 1.63. The highest BCUT2D eigenvalue weighted by Crippen LogP contribution is 2.11. The lowest BCUT2D eigenvalue weighted by Crippen LogP contribution is -2.50. The summed E-state index contributed by atoms with van der Waals surface area (Å²) < 4.78 is 5.06. The van der Waals surface area contributed by atoms with Crippen LogP contribution in [0.3, 0.4) is 0 Å². The number of hydrogen-bond donors (Lipinski definition) is 1. The quantitative estimate of drug-likeness (QED) is 0.837. The van der Waals surface area contributed by atoms with Crippen LogP contribution in [-0.4, -0.2) is 41.7 Å². The zero-order valence-electron chi connectivity index (χ0n) is 12.1. The number of ether oxygens (including phenoxy) is 1. The molecule has 0 aromatic carbocycles. The second-order valence-corrected chi connectivity index (χ2v) is 5.99. The summed E-state index contributed by atoms with van der Waals surface area (Å²) >= 11 is 1.55. The van der Waals surface area contributed by atoms with Crippen LogP contribution in [0.15, 0.2) is 11.6 Å². The standard InChI is InChI=1S/C13H23N3O2S/c1-5-13(2,3)15-12(17)16(7-8-18-4)10-11-14-6-9-19-11/h6,9H,5,7-8,10H2,1-4H3,(H,15,17). The Morgan fingerprint density at radius 3 is 2.84 bits per heavy atom. The van der Waals surface area contributed by atoms with Crippen LogP contribution in [0.2, 0.25) is 0 Å². The molecule has 108 valence electrons. The number of thiazole rings is 1. The molecule has 1 rings (SSSR count). The number of aromatic nitrogens is 1. The third-order valence-electron chi connectivity index (χ3n) is 2.99. The van der Waals surface area contributed by atoms with Crippen molar-refractivity contribution in [3.8, 4) is 0 Å². The minimum absolute atomic E-state index is 0.0703. The Hall–Kier alpha value is -1.14. The van der Waals surface area contributed by atoms with Gasteiger partial charge in [-0.05, 0) is 20.3 Å². The maximum absolute atomic E-state index is 12.3. The van der Waals surface area contributed by atoms with Crippen molar-refractivity contribution in [2.24, 2.45) is 0 Å². The number of methoxy groups -OCH3 is 1. The molecule has 6 heteroatoms. The minimum Gasteiger partial charge on any atom is -0.383 e. The number of amides is 2. The Morgan fingerprint density at radius 1 is 1.58 bits per heavy atom. The zero-order chi connectivity index (χ0) is 14.3. The van der Waals surface area contributed by atoms with Gasteiger partial charge in [-0.2, -0.15) is 0 Å². The Kier molecular flexibility index (Phi) is 6.24. The zero-order valence-corrected chi connectivity index (χ0v) is 12.9. The second-order valence-electron chi connectivity index (χ2n) is 5.01. The predicted octanol–water partition coefficient (Wildman–Crippen LogP) is 2.49. The maximum Gasteiger partial charge on any atom is 0.318 e. The number of rotatable bonds is 7. The predicted molar refractivity (Wildman–Crippen MR) is 77.3 cm³/mol. The van der Waals surface area contributed by atoms with E-state index >= 15 is 0 Å². The molecule has 0 unspecified atom stereocenters. The van der Waals surface area contributed by atoms with Crippen LogP contribution in [0.25, 0.3) is 0 Å². The van der Waals surface area contributed by atoms with E-state index in [9.17, 15) is 4.79 Å². The van der Waals surface area contributed by atoms with Crippen molar-refractivity contribution < 1.29 is 9.53 Å². The van der Waals surface area contributed by atoms with Crippen LogP contribution in [0.5, 0.6) is 0 Å². The van der Waals surface area contributed by atoms with E-state index in [1.54, 1.807) is 29.5 Å². The summed E-state index contributed by atoms with van der Waals surface area (Å²) in [5, 5.41) is 5.88. The largest absolute Gasteiger partial charge is 0.383 e. The van der Waals surface area contributed by atoms with E-state index in [0.717, 1.165) is 11.4 Å². The average molecular weight is 285 g/mol. The van der Waals surface area contributed by atoms with E-state index in [4.69, 9.17) is 4.74 Å². The Labute approximate surface area is 119 Å². The highest BCUT2D eigenvalue weighted by molar-refractivity contribution is 7.09. The molecule has 19 heavy (non-hydrogen) atoms. The van der Waals surface area contributed by atoms with Gasteiger partial charge in [-0.15, -0.1) is 11.3 Å². The summed E-state index contributed by atoms with van der Waals surface area (Å²) in [5.74, 6) is 0. The molecule has 0 atom stereocenters. The normalized spacial score (nSPS) is 11.4. The molecule has 1 N–H and O–H groups in total. The van der Waals surface area contributed by atoms with Gasteiger partial charge in [-0.3, -0.25) is 0 Å². The lowest BCUT2D eigenvalue weighted by molar-refractivity contribution is 0.141. The van der Waals surface area contributed by atoms with Gasteiger partial charge in [0.2, 0.25) is 0 Å². The topological polar surface area (TPSA) is 54.5 Å². The van der Waals surface area contributed by atoms with E-state index in [2.05, 4.69) is 17.2 Å². The van der Waals surface area contributed by atoms with Crippen LogP contribution in [0.4, 0.5) is 4.79 Å². The fraction of sp³-hybridized carbons (Fsp3) is 0.692. The van der Waals surface area contributed by atoms with Crippen molar-refractivity contribution in [2.75, 3.05) is 20.3 Å². The number of urea groups is 1. The summed E-state index contributed by atoms with van der Waals surface area (Å²) in [5.41, 5.74) is -0.203. The van der Waals surface area contributed by atoms with Crippen molar-refractivity contribution >= 4 is 17.4 Å². The molecule has 1 aromatic rings. The van der Waals surface area contributed by atoms with Gasteiger partial charge in [-0.25, -0.2) is 9.78 Å². The first-order chi connectivity index (χ1) is 8.98. The summed E-state index contributed by atoms with van der Waals surface area (Å²) in [6, 6.07) is -0.0703. The van der Waals surface area contributed by atoms with Gasteiger partial charge in [0.1, 0.15) is 5.01 Å². The smallest absolute Gasteiger partial charge is 0.318 e. The third kappa shape index (κ3) is 5.57. The average Bonchev–Trinajstić information content (AvgIpc) is 2.86. The van der Waals surface area contributed by atoms with Crippen molar-refractivity contribution in [1.82, 2.24) is 15.2 Å². The molecule has 0 saturated carbocycles. The SMILES string of the molecule is CCC(C)(C)NC(=O)N(CCOC)Cc1nccs1. The maximum atomic E-state index is 12.3. The van der Waals surface area contributed by atoms with Crippen LogP contribution in [0.1, 0.15) is 32.2 Å². The lowest BCUT2D eigenvalue weighted by Gasteiger charge is -2.29. The van der Waals surface area contributed by atoms with Crippen molar-refractivity contribution in [3.05, 3.63) is 16.6 Å². The Bertz CT molecular complexity index is 379. The fourth-order valence-electron chi connectivity index (χ4n) is 1.41. The van der Waals surface area contributed by atoms with Crippen LogP contribution < -0.4 is 5.32 Å².